The summed E-state index contributed by atoms with van der Waals surface area (Å²) in [6.45, 7) is 0.165. The van der Waals surface area contributed by atoms with E-state index < -0.39 is 46.8 Å². The first kappa shape index (κ1) is 30.6. The first-order valence-electron chi connectivity index (χ1n) is 16.0. The molecule has 2 aliphatic heterocycles. The van der Waals surface area contributed by atoms with E-state index in [9.17, 15) is 19.5 Å². The summed E-state index contributed by atoms with van der Waals surface area (Å²) in [5, 5.41) is 11.0. The van der Waals surface area contributed by atoms with Crippen LogP contribution < -0.4 is 4.90 Å². The maximum Gasteiger partial charge on any atom is 0.246 e. The van der Waals surface area contributed by atoms with Crippen LogP contribution in [-0.4, -0.2) is 33.6 Å². The van der Waals surface area contributed by atoms with Gasteiger partial charge in [0.25, 0.3) is 0 Å². The Hall–Kier alpha value is -4.72. The van der Waals surface area contributed by atoms with Crippen LogP contribution >= 0.6 is 23.2 Å². The number of hydrogen-bond donors (Lipinski definition) is 1. The summed E-state index contributed by atoms with van der Waals surface area (Å²) in [5.41, 5.74) is 1.78. The number of hydrogen-bond acceptors (Lipinski definition) is 5. The topological polar surface area (TPSA) is 95.0 Å². The fourth-order valence-electron chi connectivity index (χ4n) is 8.83. The van der Waals surface area contributed by atoms with Crippen molar-refractivity contribution in [3.8, 4) is 5.75 Å². The Labute approximate surface area is 287 Å². The van der Waals surface area contributed by atoms with Gasteiger partial charge < -0.3 is 5.11 Å². The van der Waals surface area contributed by atoms with E-state index in [2.05, 4.69) is 0 Å². The molecule has 240 valence electrons. The lowest BCUT2D eigenvalue weighted by Crippen LogP contribution is -2.53. The molecule has 6 unspecified atom stereocenters. The van der Waals surface area contributed by atoms with Gasteiger partial charge in [0.15, 0.2) is 0 Å². The van der Waals surface area contributed by atoms with Gasteiger partial charge in [0.1, 0.15) is 5.75 Å². The molecule has 4 aromatic carbocycles. The molecular formula is C39H30Cl2N2O5. The minimum atomic E-state index is -1.44. The number of nitrogens with zero attached hydrogens (tertiary/aromatic N) is 2. The lowest BCUT2D eigenvalue weighted by Gasteiger charge is -2.51. The van der Waals surface area contributed by atoms with Crippen LogP contribution in [0, 0.1) is 23.7 Å². The van der Waals surface area contributed by atoms with Crippen molar-refractivity contribution < 1.29 is 24.3 Å². The van der Waals surface area contributed by atoms with Crippen LogP contribution in [0.2, 0.25) is 10.0 Å². The van der Waals surface area contributed by atoms with Gasteiger partial charge in [-0.3, -0.25) is 24.1 Å². The number of benzene rings is 4. The number of phenolic OH excluding ortho intramolecular Hbond substituents is 1. The Balaban J connectivity index is 1.33. The van der Waals surface area contributed by atoms with Crippen molar-refractivity contribution in [2.45, 2.75) is 30.7 Å². The number of likely N-dealkylation sites (tertiary alicyclic amines) is 1. The summed E-state index contributed by atoms with van der Waals surface area (Å²) in [7, 11) is 0. The van der Waals surface area contributed by atoms with Crippen molar-refractivity contribution in [2.75, 3.05) is 4.90 Å². The lowest BCUT2D eigenvalue weighted by molar-refractivity contribution is -0.141. The number of amides is 4. The van der Waals surface area contributed by atoms with E-state index in [1.54, 1.807) is 30.3 Å². The van der Waals surface area contributed by atoms with Crippen LogP contribution in [0.25, 0.3) is 0 Å². The van der Waals surface area contributed by atoms with Gasteiger partial charge in [0, 0.05) is 16.0 Å². The minimum absolute atomic E-state index is 0.0402. The van der Waals surface area contributed by atoms with Crippen molar-refractivity contribution >= 4 is 52.5 Å². The molecule has 4 aromatic rings. The fraction of sp³-hybridized carbons (Fsp3) is 0.231. The highest BCUT2D eigenvalue weighted by atomic mass is 35.5. The van der Waals surface area contributed by atoms with Gasteiger partial charge in [-0.1, -0.05) is 108 Å². The highest BCUT2D eigenvalue weighted by Crippen LogP contribution is 2.65. The van der Waals surface area contributed by atoms with Crippen molar-refractivity contribution in [1.29, 1.82) is 0 Å². The second-order valence-electron chi connectivity index (χ2n) is 13.0. The predicted molar refractivity (Wildman–Crippen MR) is 181 cm³/mol. The normalized spacial score (nSPS) is 27.9. The molecule has 2 heterocycles. The quantitative estimate of drug-likeness (QED) is 0.180. The van der Waals surface area contributed by atoms with Gasteiger partial charge in [0.2, 0.25) is 23.6 Å². The Kier molecular flexibility index (Phi) is 7.31. The molecule has 0 bridgehead atoms. The molecular weight excluding hydrogens is 647 g/mol. The average molecular weight is 678 g/mol. The number of rotatable bonds is 5. The molecule has 0 spiro atoms. The molecule has 4 amide bonds. The van der Waals surface area contributed by atoms with Crippen molar-refractivity contribution in [2.24, 2.45) is 23.7 Å². The van der Waals surface area contributed by atoms with Crippen molar-refractivity contribution in [3.63, 3.8) is 0 Å². The molecule has 7 nitrogen and oxygen atoms in total. The predicted octanol–water partition coefficient (Wildman–Crippen LogP) is 7.06. The van der Waals surface area contributed by atoms with E-state index in [1.165, 1.54) is 21.9 Å². The number of aromatic hydroxyl groups is 1. The molecule has 1 saturated carbocycles. The molecule has 9 heteroatoms. The standard InChI is InChI=1S/C39H30Cl2N2O5/c40-24-12-7-13-25(18-24)43-36(46)31-20-30-27(16-17-29-33(30)37(47)42(35(29)45)21-22-8-3-1-4-9-22)34(28-15-14-26(44)19-32(28)41)39(31,38(43)48)23-10-5-2-6-11-23/h1-16,18-19,29-31,33-34,44H,17,20-21H2. The number of carbonyl (C=O) groups is 4. The monoisotopic (exact) mass is 676 g/mol. The smallest absolute Gasteiger partial charge is 0.246 e. The third-order valence-corrected chi connectivity index (χ3v) is 11.3. The van der Waals surface area contributed by atoms with Gasteiger partial charge >= 0.3 is 0 Å². The molecule has 4 aliphatic rings. The Morgan fingerprint density at radius 2 is 1.50 bits per heavy atom. The van der Waals surface area contributed by atoms with Gasteiger partial charge in [-0.2, -0.15) is 0 Å². The number of halogens is 2. The summed E-state index contributed by atoms with van der Waals surface area (Å²) < 4.78 is 0. The van der Waals surface area contributed by atoms with E-state index in [0.29, 0.717) is 28.3 Å². The largest absolute Gasteiger partial charge is 0.508 e. The number of carbonyl (C=O) groups excluding carboxylic acids is 4. The zero-order valence-corrected chi connectivity index (χ0v) is 27.1. The summed E-state index contributed by atoms with van der Waals surface area (Å²) in [6, 6.07) is 30.0. The molecule has 1 N–H and O–H groups in total. The minimum Gasteiger partial charge on any atom is -0.508 e. The number of phenols is 1. The Morgan fingerprint density at radius 1 is 0.771 bits per heavy atom. The summed E-state index contributed by atoms with van der Waals surface area (Å²) in [4.78, 5) is 60.8. The first-order chi connectivity index (χ1) is 23.2. The van der Waals surface area contributed by atoms with Gasteiger partial charge in [-0.05, 0) is 65.8 Å². The van der Waals surface area contributed by atoms with Gasteiger partial charge in [0.05, 0.1) is 35.4 Å². The molecule has 48 heavy (non-hydrogen) atoms. The number of allylic oxidation sites excluding steroid dienone is 2. The van der Waals surface area contributed by atoms with E-state index >= 15 is 4.79 Å². The highest BCUT2D eigenvalue weighted by Gasteiger charge is 2.70. The van der Waals surface area contributed by atoms with Gasteiger partial charge in [-0.25, -0.2) is 4.90 Å². The fourth-order valence-corrected chi connectivity index (χ4v) is 9.29. The van der Waals surface area contributed by atoms with Crippen LogP contribution in [0.15, 0.2) is 115 Å². The lowest BCUT2D eigenvalue weighted by atomic mass is 9.49. The van der Waals surface area contributed by atoms with Crippen LogP contribution in [0.1, 0.15) is 35.4 Å². The molecule has 3 fully saturated rings. The second kappa shape index (κ2) is 11.5. The maximum absolute atomic E-state index is 15.2. The third kappa shape index (κ3) is 4.41. The SMILES string of the molecule is O=C1C2CC=C3C(CC4C(=O)N(c5cccc(Cl)c5)C(=O)C4(c4ccccc4)C3c3ccc(O)cc3Cl)C2C(=O)N1Cc1ccccc1. The average Bonchev–Trinajstić information content (AvgIpc) is 3.46. The van der Waals surface area contributed by atoms with Crippen LogP contribution in [0.4, 0.5) is 5.69 Å². The molecule has 8 rings (SSSR count). The first-order valence-corrected chi connectivity index (χ1v) is 16.7. The maximum atomic E-state index is 15.2. The van der Waals surface area contributed by atoms with Crippen molar-refractivity contribution in [3.05, 3.63) is 142 Å². The van der Waals surface area contributed by atoms with Gasteiger partial charge in [-0.15, -0.1) is 0 Å². The number of imide groups is 2. The molecule has 2 saturated heterocycles. The molecule has 0 aromatic heterocycles. The molecule has 2 aliphatic carbocycles. The van der Waals surface area contributed by atoms with E-state index in [0.717, 1.165) is 11.1 Å². The highest BCUT2D eigenvalue weighted by molar-refractivity contribution is 6.33. The zero-order chi connectivity index (χ0) is 33.3. The molecule has 0 radical (unpaired) electrons. The molecule has 6 atom stereocenters. The Bertz CT molecular complexity index is 2030. The number of anilines is 1. The Morgan fingerprint density at radius 3 is 2.21 bits per heavy atom. The van der Waals surface area contributed by atoms with E-state index in [-0.39, 0.29) is 35.6 Å². The van der Waals surface area contributed by atoms with Crippen LogP contribution in [0.3, 0.4) is 0 Å². The number of fused-ring (bicyclic) bond motifs is 4. The third-order valence-electron chi connectivity index (χ3n) is 10.7. The van der Waals surface area contributed by atoms with E-state index in [4.69, 9.17) is 23.2 Å². The summed E-state index contributed by atoms with van der Waals surface area (Å²) in [6.07, 6.45) is 2.50. The second-order valence-corrected chi connectivity index (χ2v) is 13.9. The zero-order valence-electron chi connectivity index (χ0n) is 25.6. The summed E-state index contributed by atoms with van der Waals surface area (Å²) >= 11 is 13.3. The summed E-state index contributed by atoms with van der Waals surface area (Å²) in [5.74, 6) is -4.80. The van der Waals surface area contributed by atoms with Crippen LogP contribution in [0.5, 0.6) is 5.75 Å². The van der Waals surface area contributed by atoms with Crippen LogP contribution in [-0.2, 0) is 31.1 Å². The van der Waals surface area contributed by atoms with Crippen molar-refractivity contribution in [1.82, 2.24) is 4.90 Å². The van der Waals surface area contributed by atoms with E-state index in [1.807, 2.05) is 66.7 Å².